The molecule has 0 spiro atoms. The van der Waals surface area contributed by atoms with Gasteiger partial charge in [-0.15, -0.1) is 0 Å². The molecule has 0 bridgehead atoms. The quantitative estimate of drug-likeness (QED) is 0.507. The first-order valence-corrected chi connectivity index (χ1v) is 11.3. The zero-order valence-electron chi connectivity index (χ0n) is 17.2. The number of halogens is 1. The van der Waals surface area contributed by atoms with Crippen molar-refractivity contribution in [1.29, 1.82) is 0 Å². The molecule has 3 aromatic rings. The van der Waals surface area contributed by atoms with Crippen LogP contribution in [0, 0.1) is 0 Å². The summed E-state index contributed by atoms with van der Waals surface area (Å²) in [5.74, 6) is 0.144. The number of benzene rings is 3. The van der Waals surface area contributed by atoms with Gasteiger partial charge < -0.3 is 9.64 Å². The molecule has 0 aliphatic heterocycles. The second-order valence-electron chi connectivity index (χ2n) is 6.90. The Morgan fingerprint density at radius 2 is 1.65 bits per heavy atom. The van der Waals surface area contributed by atoms with Crippen molar-refractivity contribution in [2.45, 2.75) is 11.4 Å². The van der Waals surface area contributed by atoms with Crippen LogP contribution in [0.15, 0.2) is 83.8 Å². The van der Waals surface area contributed by atoms with E-state index in [1.807, 2.05) is 12.1 Å². The highest BCUT2D eigenvalue weighted by atomic mass is 35.5. The van der Waals surface area contributed by atoms with Crippen LogP contribution in [-0.4, -0.2) is 39.9 Å². The maximum atomic E-state index is 13.4. The fourth-order valence-corrected chi connectivity index (χ4v) is 4.55. The first-order chi connectivity index (χ1) is 14.8. The predicted octanol–water partition coefficient (Wildman–Crippen LogP) is 4.20. The minimum Gasteiger partial charge on any atom is -0.497 e. The van der Waals surface area contributed by atoms with E-state index in [1.165, 1.54) is 24.1 Å². The Bertz CT molecular complexity index is 1140. The molecule has 162 valence electrons. The zero-order chi connectivity index (χ0) is 22.4. The van der Waals surface area contributed by atoms with Gasteiger partial charge in [-0.25, -0.2) is 8.42 Å². The van der Waals surface area contributed by atoms with E-state index in [2.05, 4.69) is 0 Å². The molecular formula is C23H23ClN2O4S. The van der Waals surface area contributed by atoms with Gasteiger partial charge >= 0.3 is 0 Å². The van der Waals surface area contributed by atoms with E-state index >= 15 is 0 Å². The lowest BCUT2D eigenvalue weighted by atomic mass is 10.2. The maximum Gasteiger partial charge on any atom is 0.264 e. The third-order valence-electron chi connectivity index (χ3n) is 4.71. The Balaban J connectivity index is 1.90. The number of nitrogens with zero attached hydrogens (tertiary/aromatic N) is 2. The summed E-state index contributed by atoms with van der Waals surface area (Å²) >= 11 is 5.92. The van der Waals surface area contributed by atoms with Gasteiger partial charge in [-0.1, -0.05) is 48.0 Å². The van der Waals surface area contributed by atoms with Gasteiger partial charge in [0.05, 0.1) is 17.7 Å². The molecule has 0 heterocycles. The summed E-state index contributed by atoms with van der Waals surface area (Å²) in [4.78, 5) is 14.6. The lowest BCUT2D eigenvalue weighted by Gasteiger charge is -2.27. The summed E-state index contributed by atoms with van der Waals surface area (Å²) in [6.07, 6.45) is 0. The van der Waals surface area contributed by atoms with Crippen LogP contribution in [0.5, 0.6) is 5.75 Å². The van der Waals surface area contributed by atoms with Crippen LogP contribution in [0.1, 0.15) is 5.56 Å². The fourth-order valence-electron chi connectivity index (χ4n) is 3.00. The molecule has 3 aromatic carbocycles. The summed E-state index contributed by atoms with van der Waals surface area (Å²) in [5, 5.41) is 0.607. The minimum absolute atomic E-state index is 0.103. The lowest BCUT2D eigenvalue weighted by Crippen LogP contribution is -2.41. The normalized spacial score (nSPS) is 11.1. The second-order valence-corrected chi connectivity index (χ2v) is 9.20. The van der Waals surface area contributed by atoms with Gasteiger partial charge in [0.15, 0.2) is 0 Å². The van der Waals surface area contributed by atoms with Crippen LogP contribution >= 0.6 is 11.6 Å². The third-order valence-corrected chi connectivity index (χ3v) is 6.75. The smallest absolute Gasteiger partial charge is 0.264 e. The van der Waals surface area contributed by atoms with Crippen LogP contribution in [0.2, 0.25) is 5.02 Å². The molecule has 6 nitrogen and oxygen atoms in total. The van der Waals surface area contributed by atoms with E-state index < -0.39 is 10.0 Å². The molecule has 0 unspecified atom stereocenters. The number of hydrogen-bond acceptors (Lipinski definition) is 4. The maximum absolute atomic E-state index is 13.4. The molecule has 0 fully saturated rings. The number of carbonyl (C=O) groups is 1. The van der Waals surface area contributed by atoms with Crippen molar-refractivity contribution in [3.63, 3.8) is 0 Å². The number of amides is 1. The molecule has 0 saturated heterocycles. The Kier molecular flexibility index (Phi) is 7.20. The van der Waals surface area contributed by atoms with Gasteiger partial charge in [0.25, 0.3) is 10.0 Å². The van der Waals surface area contributed by atoms with Crippen molar-refractivity contribution in [3.05, 3.63) is 89.4 Å². The van der Waals surface area contributed by atoms with E-state index in [-0.39, 0.29) is 17.3 Å². The fraction of sp³-hybridized carbons (Fsp3) is 0.174. The monoisotopic (exact) mass is 458 g/mol. The average molecular weight is 459 g/mol. The number of methoxy groups -OCH3 is 1. The summed E-state index contributed by atoms with van der Waals surface area (Å²) in [7, 11) is -0.838. The summed E-state index contributed by atoms with van der Waals surface area (Å²) in [5.41, 5.74) is 1.23. The number of ether oxygens (including phenoxy) is 1. The first kappa shape index (κ1) is 22.7. The van der Waals surface area contributed by atoms with Crippen molar-refractivity contribution in [3.8, 4) is 5.75 Å². The molecule has 0 saturated carbocycles. The number of rotatable bonds is 8. The van der Waals surface area contributed by atoms with Crippen molar-refractivity contribution < 1.29 is 17.9 Å². The Morgan fingerprint density at radius 3 is 2.29 bits per heavy atom. The highest BCUT2D eigenvalue weighted by Gasteiger charge is 2.28. The van der Waals surface area contributed by atoms with Crippen molar-refractivity contribution in [1.82, 2.24) is 4.90 Å². The molecule has 0 aliphatic carbocycles. The SMILES string of the molecule is COc1cccc(N(CC(=O)N(C)Cc2ccc(Cl)cc2)S(=O)(=O)c2ccccc2)c1. The van der Waals surface area contributed by atoms with E-state index in [0.717, 1.165) is 9.87 Å². The molecule has 1 amide bonds. The molecule has 8 heteroatoms. The third kappa shape index (κ3) is 5.57. The van der Waals surface area contributed by atoms with Crippen LogP contribution in [0.3, 0.4) is 0 Å². The average Bonchev–Trinajstić information content (AvgIpc) is 2.79. The number of likely N-dealkylation sites (N-methyl/N-ethyl adjacent to an activating group) is 1. The van der Waals surface area contributed by atoms with Crippen molar-refractivity contribution in [2.24, 2.45) is 0 Å². The van der Waals surface area contributed by atoms with Gasteiger partial charge in [0.1, 0.15) is 12.3 Å². The van der Waals surface area contributed by atoms with Gasteiger partial charge in [-0.05, 0) is 42.0 Å². The molecule has 0 aromatic heterocycles. The molecule has 0 atom stereocenters. The summed E-state index contributed by atoms with van der Waals surface area (Å²) in [6.45, 7) is -0.0260. The number of carbonyl (C=O) groups excluding carboxylic acids is 1. The highest BCUT2D eigenvalue weighted by Crippen LogP contribution is 2.27. The Hall–Kier alpha value is -3.03. The van der Waals surface area contributed by atoms with Gasteiger partial charge in [0, 0.05) is 24.7 Å². The van der Waals surface area contributed by atoms with Gasteiger partial charge in [0.2, 0.25) is 5.91 Å². The second kappa shape index (κ2) is 9.85. The van der Waals surface area contributed by atoms with E-state index in [4.69, 9.17) is 16.3 Å². The summed E-state index contributed by atoms with van der Waals surface area (Å²) in [6, 6.07) is 21.8. The predicted molar refractivity (Wildman–Crippen MR) is 122 cm³/mol. The molecule has 0 N–H and O–H groups in total. The van der Waals surface area contributed by atoms with Crippen LogP contribution < -0.4 is 9.04 Å². The largest absolute Gasteiger partial charge is 0.497 e. The van der Waals surface area contributed by atoms with Crippen LogP contribution in [0.25, 0.3) is 0 Å². The number of hydrogen-bond donors (Lipinski definition) is 0. The standard InChI is InChI=1S/C23H23ClN2O4S/c1-25(16-18-11-13-19(24)14-12-18)23(27)17-26(20-7-6-8-21(15-20)30-2)31(28,29)22-9-4-3-5-10-22/h3-15H,16-17H2,1-2H3. The van der Waals surface area contributed by atoms with Crippen LogP contribution in [-0.2, 0) is 21.4 Å². The highest BCUT2D eigenvalue weighted by molar-refractivity contribution is 7.92. The van der Waals surface area contributed by atoms with Gasteiger partial charge in [-0.2, -0.15) is 0 Å². The first-order valence-electron chi connectivity index (χ1n) is 9.51. The molecule has 0 radical (unpaired) electrons. The lowest BCUT2D eigenvalue weighted by molar-refractivity contribution is -0.128. The molecule has 31 heavy (non-hydrogen) atoms. The van der Waals surface area contributed by atoms with Gasteiger partial charge in [-0.3, -0.25) is 9.10 Å². The van der Waals surface area contributed by atoms with E-state index in [0.29, 0.717) is 23.0 Å². The van der Waals surface area contributed by atoms with E-state index in [9.17, 15) is 13.2 Å². The molecule has 3 rings (SSSR count). The number of anilines is 1. The van der Waals surface area contributed by atoms with Crippen LogP contribution in [0.4, 0.5) is 5.69 Å². The Labute approximate surface area is 187 Å². The summed E-state index contributed by atoms with van der Waals surface area (Å²) < 4.78 is 33.1. The Morgan fingerprint density at radius 1 is 0.968 bits per heavy atom. The minimum atomic E-state index is -3.97. The van der Waals surface area contributed by atoms with Crippen molar-refractivity contribution >= 4 is 33.2 Å². The zero-order valence-corrected chi connectivity index (χ0v) is 18.8. The molecule has 0 aliphatic rings. The molecular weight excluding hydrogens is 436 g/mol. The van der Waals surface area contributed by atoms with E-state index in [1.54, 1.807) is 61.6 Å². The topological polar surface area (TPSA) is 66.9 Å². The number of sulfonamides is 1. The van der Waals surface area contributed by atoms with Crippen molar-refractivity contribution in [2.75, 3.05) is 25.0 Å².